The summed E-state index contributed by atoms with van der Waals surface area (Å²) in [5.41, 5.74) is 0. The first-order valence-corrected chi connectivity index (χ1v) is 33.8. The predicted molar refractivity (Wildman–Crippen MR) is 329 cm³/mol. The van der Waals surface area contributed by atoms with E-state index in [1.54, 1.807) is 6.08 Å². The zero-order chi connectivity index (χ0) is 54.3. The number of nitrogens with one attached hydrogen (secondary N) is 1. The fourth-order valence-corrected chi connectivity index (χ4v) is 10.4. The van der Waals surface area contributed by atoms with Crippen molar-refractivity contribution in [1.82, 2.24) is 5.32 Å². The average Bonchev–Trinajstić information content (AvgIpc) is 3.41. The number of hydrogen-bond donors (Lipinski definition) is 3. The minimum absolute atomic E-state index is 0.00702. The van der Waals surface area contributed by atoms with E-state index in [0.29, 0.717) is 19.4 Å². The van der Waals surface area contributed by atoms with Crippen molar-refractivity contribution in [2.75, 3.05) is 13.2 Å². The second kappa shape index (κ2) is 64.6. The zero-order valence-corrected chi connectivity index (χ0v) is 50.5. The minimum atomic E-state index is -0.845. The van der Waals surface area contributed by atoms with Gasteiger partial charge in [-0.1, -0.05) is 307 Å². The van der Waals surface area contributed by atoms with Gasteiger partial charge in [-0.3, -0.25) is 9.59 Å². The summed E-state index contributed by atoms with van der Waals surface area (Å²) in [6.07, 6.45) is 82.1. The fraction of sp³-hybridized carbons (Fsp3) is 0.884. The highest BCUT2D eigenvalue weighted by molar-refractivity contribution is 5.76. The number of carbonyl (C=O) groups excluding carboxylic acids is 2. The van der Waals surface area contributed by atoms with Crippen LogP contribution >= 0.6 is 0 Å². The Kier molecular flexibility index (Phi) is 63.0. The van der Waals surface area contributed by atoms with Crippen LogP contribution in [0.5, 0.6) is 0 Å². The number of unbranched alkanes of at least 4 members (excludes halogenated alkanes) is 48. The third-order valence-electron chi connectivity index (χ3n) is 15.6. The number of aliphatic hydroxyl groups excluding tert-OH is 2. The molecule has 0 aromatic carbocycles. The van der Waals surface area contributed by atoms with Crippen LogP contribution in [-0.2, 0) is 14.3 Å². The highest BCUT2D eigenvalue weighted by Crippen LogP contribution is 2.18. The molecule has 3 N–H and O–H groups in total. The van der Waals surface area contributed by atoms with Crippen LogP contribution < -0.4 is 5.32 Å². The van der Waals surface area contributed by atoms with Crippen LogP contribution in [0.1, 0.15) is 367 Å². The van der Waals surface area contributed by atoms with E-state index in [4.69, 9.17) is 4.74 Å². The Labute approximate surface area is 468 Å². The molecule has 0 fully saturated rings. The van der Waals surface area contributed by atoms with Crippen molar-refractivity contribution >= 4 is 11.9 Å². The fourth-order valence-electron chi connectivity index (χ4n) is 10.4. The van der Waals surface area contributed by atoms with Crippen LogP contribution in [-0.4, -0.2) is 47.4 Å². The quantitative estimate of drug-likeness (QED) is 0.0320. The van der Waals surface area contributed by atoms with Gasteiger partial charge in [-0.05, 0) is 83.5 Å². The molecule has 6 heteroatoms. The normalized spacial score (nSPS) is 12.7. The van der Waals surface area contributed by atoms with E-state index in [2.05, 4.69) is 43.5 Å². The van der Waals surface area contributed by atoms with Crippen LogP contribution in [0.15, 0.2) is 36.5 Å². The van der Waals surface area contributed by atoms with Crippen molar-refractivity contribution in [3.63, 3.8) is 0 Å². The van der Waals surface area contributed by atoms with Gasteiger partial charge in [0, 0.05) is 12.8 Å². The van der Waals surface area contributed by atoms with Crippen molar-refractivity contribution in [3.05, 3.63) is 36.5 Å². The van der Waals surface area contributed by atoms with Gasteiger partial charge in [0.25, 0.3) is 0 Å². The van der Waals surface area contributed by atoms with Crippen LogP contribution in [0, 0.1) is 0 Å². The van der Waals surface area contributed by atoms with E-state index in [9.17, 15) is 19.8 Å². The second-order valence-electron chi connectivity index (χ2n) is 23.1. The first kappa shape index (κ1) is 73.1. The predicted octanol–water partition coefficient (Wildman–Crippen LogP) is 21.5. The Balaban J connectivity index is 3.40. The molecule has 0 aliphatic heterocycles. The van der Waals surface area contributed by atoms with Gasteiger partial charge >= 0.3 is 5.97 Å². The molecule has 0 aliphatic rings. The first-order valence-electron chi connectivity index (χ1n) is 33.8. The third-order valence-corrected chi connectivity index (χ3v) is 15.6. The summed E-state index contributed by atoms with van der Waals surface area (Å²) in [6, 6.07) is -0.629. The van der Waals surface area contributed by atoms with Crippen molar-refractivity contribution in [2.24, 2.45) is 0 Å². The molecule has 1 amide bonds. The van der Waals surface area contributed by atoms with Crippen molar-refractivity contribution in [3.8, 4) is 0 Å². The van der Waals surface area contributed by atoms with Gasteiger partial charge in [0.1, 0.15) is 0 Å². The lowest BCUT2D eigenvalue weighted by molar-refractivity contribution is -0.143. The average molecular weight is 1050 g/mol. The van der Waals surface area contributed by atoms with Gasteiger partial charge in [0.05, 0.1) is 25.4 Å². The Morgan fingerprint density at radius 1 is 0.360 bits per heavy atom. The van der Waals surface area contributed by atoms with Gasteiger partial charge in [-0.15, -0.1) is 0 Å². The maximum absolute atomic E-state index is 12.5. The Morgan fingerprint density at radius 3 is 0.947 bits per heavy atom. The van der Waals surface area contributed by atoms with Crippen LogP contribution in [0.2, 0.25) is 0 Å². The number of carbonyl (C=O) groups is 2. The highest BCUT2D eigenvalue weighted by atomic mass is 16.5. The molecule has 0 heterocycles. The van der Waals surface area contributed by atoms with Gasteiger partial charge in [0.15, 0.2) is 0 Å². The molecule has 0 radical (unpaired) electrons. The molecular weight excluding hydrogens is 923 g/mol. The lowest BCUT2D eigenvalue weighted by atomic mass is 10.0. The van der Waals surface area contributed by atoms with Gasteiger partial charge in [0.2, 0.25) is 5.91 Å². The largest absolute Gasteiger partial charge is 0.466 e. The second-order valence-corrected chi connectivity index (χ2v) is 23.1. The Bertz CT molecular complexity index is 1210. The molecule has 0 rings (SSSR count). The molecule has 6 nitrogen and oxygen atoms in total. The number of ether oxygens (including phenoxy) is 1. The minimum Gasteiger partial charge on any atom is -0.466 e. The molecule has 75 heavy (non-hydrogen) atoms. The highest BCUT2D eigenvalue weighted by Gasteiger charge is 2.18. The molecule has 0 aromatic rings. The summed E-state index contributed by atoms with van der Waals surface area (Å²) < 4.78 is 5.49. The topological polar surface area (TPSA) is 95.9 Å². The number of amides is 1. The zero-order valence-electron chi connectivity index (χ0n) is 50.5. The molecule has 0 bridgehead atoms. The first-order chi connectivity index (χ1) is 37.0. The van der Waals surface area contributed by atoms with Gasteiger partial charge in [-0.25, -0.2) is 0 Å². The Hall–Kier alpha value is -1.92. The number of aliphatic hydroxyl groups is 2. The molecule has 2 atom stereocenters. The summed E-state index contributed by atoms with van der Waals surface area (Å²) in [5, 5.41) is 23.2. The van der Waals surface area contributed by atoms with E-state index < -0.39 is 12.1 Å². The van der Waals surface area contributed by atoms with Crippen LogP contribution in [0.3, 0.4) is 0 Å². The third kappa shape index (κ3) is 61.2. The van der Waals surface area contributed by atoms with Gasteiger partial charge < -0.3 is 20.3 Å². The van der Waals surface area contributed by atoms with Crippen molar-refractivity contribution in [1.29, 1.82) is 0 Å². The number of esters is 1. The van der Waals surface area contributed by atoms with Crippen LogP contribution in [0.4, 0.5) is 0 Å². The molecule has 0 saturated carbocycles. The standard InChI is InChI=1S/C69H131NO5/c1-3-5-7-9-11-13-15-17-19-34-37-41-45-49-53-57-61-67(72)66(65-71)70-68(73)62-58-54-50-46-42-38-35-31-29-27-25-23-21-20-22-24-26-28-30-32-36-40-44-48-52-56-60-64-75-69(74)63-59-55-51-47-43-39-33-18-16-14-12-10-8-6-4-2/h18,20-21,33,57,61,66-67,71-72H,3-17,19,22-32,34-56,58-60,62-65H2,1-2H3,(H,70,73)/b21-20-,33-18-,61-57+. The van der Waals surface area contributed by atoms with E-state index >= 15 is 0 Å². The summed E-state index contributed by atoms with van der Waals surface area (Å²) in [4.78, 5) is 24.5. The smallest absolute Gasteiger partial charge is 0.305 e. The summed E-state index contributed by atoms with van der Waals surface area (Å²) in [5.74, 6) is -0.0598. The maximum Gasteiger partial charge on any atom is 0.305 e. The van der Waals surface area contributed by atoms with Crippen molar-refractivity contribution in [2.45, 2.75) is 379 Å². The van der Waals surface area contributed by atoms with E-state index in [0.717, 1.165) is 44.9 Å². The molecule has 0 spiro atoms. The molecule has 442 valence electrons. The number of allylic oxidation sites excluding steroid dienone is 5. The van der Waals surface area contributed by atoms with Crippen LogP contribution in [0.25, 0.3) is 0 Å². The van der Waals surface area contributed by atoms with E-state index in [-0.39, 0.29) is 18.5 Å². The number of rotatable bonds is 63. The summed E-state index contributed by atoms with van der Waals surface area (Å²) >= 11 is 0. The van der Waals surface area contributed by atoms with E-state index in [1.807, 2.05) is 6.08 Å². The SMILES string of the molecule is CCCCCCCC/C=C\CCCCCCCC(=O)OCCCCCCCCCCCCCC/C=C\CCCCCCCCCCCCCC(=O)NC(CO)C(O)/C=C/CCCCCCCCCCCCCCCC. The number of hydrogen-bond acceptors (Lipinski definition) is 5. The maximum atomic E-state index is 12.5. The van der Waals surface area contributed by atoms with Crippen molar-refractivity contribution < 1.29 is 24.5 Å². The molecule has 0 saturated heterocycles. The Morgan fingerprint density at radius 2 is 0.627 bits per heavy atom. The monoisotopic (exact) mass is 1050 g/mol. The van der Waals surface area contributed by atoms with E-state index in [1.165, 1.54) is 295 Å². The van der Waals surface area contributed by atoms with Gasteiger partial charge in [-0.2, -0.15) is 0 Å². The molecule has 0 aliphatic carbocycles. The lowest BCUT2D eigenvalue weighted by Crippen LogP contribution is -2.45. The summed E-state index contributed by atoms with van der Waals surface area (Å²) in [6.45, 7) is 4.92. The molecule has 2 unspecified atom stereocenters. The lowest BCUT2D eigenvalue weighted by Gasteiger charge is -2.20. The summed E-state index contributed by atoms with van der Waals surface area (Å²) in [7, 11) is 0. The molecule has 0 aromatic heterocycles. The molecular formula is C69H131NO5.